The Hall–Kier alpha value is -1.58. The van der Waals surface area contributed by atoms with Crippen LogP contribution in [0.1, 0.15) is 18.0 Å². The molecule has 2 aromatic carbocycles. The third kappa shape index (κ3) is 3.95. The highest BCUT2D eigenvalue weighted by Gasteiger charge is 2.08. The van der Waals surface area contributed by atoms with Gasteiger partial charge in [-0.3, -0.25) is 0 Å². The Balaban J connectivity index is 1.93. The second-order valence-electron chi connectivity index (χ2n) is 4.85. The minimum Gasteiger partial charge on any atom is -0.374 e. The van der Waals surface area contributed by atoms with E-state index in [0.29, 0.717) is 5.02 Å². The minimum atomic E-state index is -0.226. The van der Waals surface area contributed by atoms with E-state index in [1.54, 1.807) is 6.07 Å². The van der Waals surface area contributed by atoms with Crippen molar-refractivity contribution in [1.29, 1.82) is 0 Å². The van der Waals surface area contributed by atoms with E-state index in [1.807, 2.05) is 42.3 Å². The van der Waals surface area contributed by atoms with E-state index in [2.05, 4.69) is 0 Å². The lowest BCUT2D eigenvalue weighted by atomic mass is 10.0. The Labute approximate surface area is 124 Å². The molecule has 0 spiro atoms. The number of halogens is 2. The molecule has 0 aliphatic heterocycles. The molecule has 0 aliphatic rings. The quantitative estimate of drug-likeness (QED) is 0.902. The maximum Gasteiger partial charge on any atom is 0.125 e. The Morgan fingerprint density at radius 2 is 1.90 bits per heavy atom. The Morgan fingerprint density at radius 1 is 1.20 bits per heavy atom. The summed E-state index contributed by atoms with van der Waals surface area (Å²) in [6.45, 7) is 0.757. The molecule has 4 heteroatoms. The molecule has 0 radical (unpaired) electrons. The van der Waals surface area contributed by atoms with Crippen molar-refractivity contribution in [3.8, 4) is 0 Å². The van der Waals surface area contributed by atoms with Crippen LogP contribution in [0.2, 0.25) is 5.02 Å². The lowest BCUT2D eigenvalue weighted by Gasteiger charge is -2.21. The summed E-state index contributed by atoms with van der Waals surface area (Å²) in [5, 5.41) is 0.706. The molecule has 0 aliphatic carbocycles. The molecule has 2 rings (SSSR count). The second kappa shape index (κ2) is 6.73. The van der Waals surface area contributed by atoms with Gasteiger partial charge in [0.05, 0.1) is 0 Å². The Kier molecular flexibility index (Phi) is 4.99. The van der Waals surface area contributed by atoms with Crippen molar-refractivity contribution in [3.63, 3.8) is 0 Å². The molecule has 0 amide bonds. The first kappa shape index (κ1) is 14.8. The van der Waals surface area contributed by atoms with Gasteiger partial charge in [-0.05, 0) is 42.3 Å². The highest BCUT2D eigenvalue weighted by Crippen LogP contribution is 2.19. The lowest BCUT2D eigenvalue weighted by Crippen LogP contribution is -2.23. The molecule has 0 fully saturated rings. The molecular weight excluding hydrogens is 275 g/mol. The van der Waals surface area contributed by atoms with Crippen LogP contribution in [-0.2, 0) is 0 Å². The fourth-order valence-electron chi connectivity index (χ4n) is 2.05. The molecule has 1 atom stereocenters. The van der Waals surface area contributed by atoms with Gasteiger partial charge in [-0.15, -0.1) is 0 Å². The van der Waals surface area contributed by atoms with E-state index in [1.165, 1.54) is 12.1 Å². The number of hydrogen-bond donors (Lipinski definition) is 1. The van der Waals surface area contributed by atoms with Gasteiger partial charge in [-0.25, -0.2) is 4.39 Å². The summed E-state index contributed by atoms with van der Waals surface area (Å²) >= 11 is 5.85. The first-order chi connectivity index (χ1) is 9.56. The molecule has 106 valence electrons. The largest absolute Gasteiger partial charge is 0.374 e. The predicted octanol–water partition coefficient (Wildman–Crippen LogP) is 4.01. The summed E-state index contributed by atoms with van der Waals surface area (Å²) < 4.78 is 13.2. The zero-order valence-electron chi connectivity index (χ0n) is 11.4. The van der Waals surface area contributed by atoms with Crippen molar-refractivity contribution in [2.45, 2.75) is 12.5 Å². The fraction of sp³-hybridized carbons (Fsp3) is 0.250. The standard InChI is InChI=1S/C16H18ClFN2/c1-20(15-4-2-3-14(18)11-15)10-9-16(19)12-5-7-13(17)8-6-12/h2-8,11,16H,9-10,19H2,1H3. The zero-order valence-corrected chi connectivity index (χ0v) is 12.1. The number of nitrogens with two attached hydrogens (primary N) is 1. The molecular formula is C16H18ClFN2. The highest BCUT2D eigenvalue weighted by molar-refractivity contribution is 6.30. The van der Waals surface area contributed by atoms with Crippen LogP contribution >= 0.6 is 11.6 Å². The topological polar surface area (TPSA) is 29.3 Å². The molecule has 0 aromatic heterocycles. The van der Waals surface area contributed by atoms with Crippen LogP contribution in [0.4, 0.5) is 10.1 Å². The van der Waals surface area contributed by atoms with Crippen LogP contribution in [0.5, 0.6) is 0 Å². The van der Waals surface area contributed by atoms with Gasteiger partial charge in [-0.1, -0.05) is 29.8 Å². The first-order valence-electron chi connectivity index (χ1n) is 6.54. The number of rotatable bonds is 5. The molecule has 0 saturated heterocycles. The van der Waals surface area contributed by atoms with Crippen molar-refractivity contribution in [2.75, 3.05) is 18.5 Å². The average Bonchev–Trinajstić information content (AvgIpc) is 2.45. The Bertz CT molecular complexity index is 557. The van der Waals surface area contributed by atoms with Crippen LogP contribution in [-0.4, -0.2) is 13.6 Å². The summed E-state index contributed by atoms with van der Waals surface area (Å²) in [4.78, 5) is 2.00. The summed E-state index contributed by atoms with van der Waals surface area (Å²) in [5.41, 5.74) is 8.07. The van der Waals surface area contributed by atoms with Crippen LogP contribution in [0.15, 0.2) is 48.5 Å². The van der Waals surface area contributed by atoms with Crippen LogP contribution in [0, 0.1) is 5.82 Å². The van der Waals surface area contributed by atoms with Crippen LogP contribution in [0.25, 0.3) is 0 Å². The van der Waals surface area contributed by atoms with Gasteiger partial charge >= 0.3 is 0 Å². The zero-order chi connectivity index (χ0) is 14.5. The summed E-state index contributed by atoms with van der Waals surface area (Å²) in [6, 6.07) is 14.1. The second-order valence-corrected chi connectivity index (χ2v) is 5.28. The SMILES string of the molecule is CN(CCC(N)c1ccc(Cl)cc1)c1cccc(F)c1. The number of benzene rings is 2. The first-order valence-corrected chi connectivity index (χ1v) is 6.92. The molecule has 0 bridgehead atoms. The summed E-state index contributed by atoms with van der Waals surface area (Å²) in [7, 11) is 1.93. The van der Waals surface area contributed by atoms with Gasteiger partial charge in [-0.2, -0.15) is 0 Å². The third-order valence-electron chi connectivity index (χ3n) is 3.32. The monoisotopic (exact) mass is 292 g/mol. The molecule has 2 N–H and O–H groups in total. The van der Waals surface area contributed by atoms with E-state index in [0.717, 1.165) is 24.2 Å². The predicted molar refractivity (Wildman–Crippen MR) is 82.7 cm³/mol. The molecule has 0 heterocycles. The molecule has 0 saturated carbocycles. The van der Waals surface area contributed by atoms with E-state index < -0.39 is 0 Å². The Morgan fingerprint density at radius 3 is 2.55 bits per heavy atom. The lowest BCUT2D eigenvalue weighted by molar-refractivity contribution is 0.623. The van der Waals surface area contributed by atoms with Crippen molar-refractivity contribution < 1.29 is 4.39 Å². The van der Waals surface area contributed by atoms with Crippen LogP contribution in [0.3, 0.4) is 0 Å². The summed E-state index contributed by atoms with van der Waals surface area (Å²) in [6.07, 6.45) is 0.786. The van der Waals surface area contributed by atoms with Gasteiger partial charge in [0.25, 0.3) is 0 Å². The average molecular weight is 293 g/mol. The van der Waals surface area contributed by atoms with Crippen molar-refractivity contribution >= 4 is 17.3 Å². The number of anilines is 1. The van der Waals surface area contributed by atoms with E-state index >= 15 is 0 Å². The molecule has 20 heavy (non-hydrogen) atoms. The smallest absolute Gasteiger partial charge is 0.125 e. The van der Waals surface area contributed by atoms with Gasteiger partial charge in [0.1, 0.15) is 5.82 Å². The summed E-state index contributed by atoms with van der Waals surface area (Å²) in [5.74, 6) is -0.226. The maximum atomic E-state index is 13.2. The van der Waals surface area contributed by atoms with Crippen molar-refractivity contribution in [1.82, 2.24) is 0 Å². The van der Waals surface area contributed by atoms with E-state index in [9.17, 15) is 4.39 Å². The third-order valence-corrected chi connectivity index (χ3v) is 3.57. The van der Waals surface area contributed by atoms with Gasteiger partial charge in [0.2, 0.25) is 0 Å². The fourth-order valence-corrected chi connectivity index (χ4v) is 2.18. The van der Waals surface area contributed by atoms with Crippen molar-refractivity contribution in [3.05, 3.63) is 64.9 Å². The minimum absolute atomic E-state index is 0.0525. The van der Waals surface area contributed by atoms with Crippen molar-refractivity contribution in [2.24, 2.45) is 5.73 Å². The van der Waals surface area contributed by atoms with E-state index in [4.69, 9.17) is 17.3 Å². The highest BCUT2D eigenvalue weighted by atomic mass is 35.5. The van der Waals surface area contributed by atoms with Crippen LogP contribution < -0.4 is 10.6 Å². The number of nitrogens with zero attached hydrogens (tertiary/aromatic N) is 1. The number of hydrogen-bond acceptors (Lipinski definition) is 2. The van der Waals surface area contributed by atoms with E-state index in [-0.39, 0.29) is 11.9 Å². The molecule has 1 unspecified atom stereocenters. The normalized spacial score (nSPS) is 12.2. The maximum absolute atomic E-state index is 13.2. The van der Waals surface area contributed by atoms with Gasteiger partial charge in [0.15, 0.2) is 0 Å². The van der Waals surface area contributed by atoms with Gasteiger partial charge < -0.3 is 10.6 Å². The van der Waals surface area contributed by atoms with Gasteiger partial charge in [0, 0.05) is 30.3 Å². The molecule has 2 aromatic rings. The molecule has 2 nitrogen and oxygen atoms in total.